The van der Waals surface area contributed by atoms with E-state index in [1.165, 1.54) is 0 Å². The quantitative estimate of drug-likeness (QED) is 0.891. The number of aromatic amines is 1. The Hall–Kier alpha value is -1.03. The third-order valence-corrected chi connectivity index (χ3v) is 3.28. The van der Waals surface area contributed by atoms with Crippen molar-refractivity contribution in [3.05, 3.63) is 52.0 Å². The Balaban J connectivity index is 2.03. The molecule has 1 atom stereocenters. The molecule has 5 heteroatoms. The average molecular weight is 270 g/mol. The summed E-state index contributed by atoms with van der Waals surface area (Å²) >= 11 is 12.2. The molecule has 0 spiro atoms. The van der Waals surface area contributed by atoms with Gasteiger partial charge in [0.2, 0.25) is 0 Å². The van der Waals surface area contributed by atoms with Crippen molar-refractivity contribution in [3.63, 3.8) is 0 Å². The molecular weight excluding hydrogens is 257 g/mol. The molecule has 0 saturated carbocycles. The molecule has 0 aliphatic heterocycles. The Morgan fingerprint density at radius 3 is 2.65 bits per heavy atom. The van der Waals surface area contributed by atoms with Gasteiger partial charge in [-0.2, -0.15) is 0 Å². The summed E-state index contributed by atoms with van der Waals surface area (Å²) in [5.41, 5.74) is 0.911. The minimum atomic E-state index is 0.123. The Labute approximate surface area is 110 Å². The molecule has 90 valence electrons. The maximum atomic E-state index is 6.09. The smallest absolute Gasteiger partial charge is 0.122 e. The van der Waals surface area contributed by atoms with E-state index in [9.17, 15) is 0 Å². The second kappa shape index (κ2) is 5.54. The lowest BCUT2D eigenvalue weighted by Crippen LogP contribution is -2.19. The first kappa shape index (κ1) is 12.4. The van der Waals surface area contributed by atoms with E-state index in [4.69, 9.17) is 23.2 Å². The molecule has 1 heterocycles. The van der Waals surface area contributed by atoms with Crippen LogP contribution in [0.25, 0.3) is 0 Å². The van der Waals surface area contributed by atoms with Crippen LogP contribution in [0.2, 0.25) is 10.0 Å². The van der Waals surface area contributed by atoms with Gasteiger partial charge in [0.25, 0.3) is 0 Å². The van der Waals surface area contributed by atoms with Gasteiger partial charge in [-0.05, 0) is 19.1 Å². The third-order valence-electron chi connectivity index (χ3n) is 2.58. The van der Waals surface area contributed by atoms with Crippen molar-refractivity contribution in [2.75, 3.05) is 0 Å². The van der Waals surface area contributed by atoms with E-state index in [1.54, 1.807) is 12.4 Å². The van der Waals surface area contributed by atoms with Gasteiger partial charge in [-0.25, -0.2) is 4.98 Å². The number of hydrogen-bond donors (Lipinski definition) is 2. The highest BCUT2D eigenvalue weighted by Gasteiger charge is 2.10. The van der Waals surface area contributed by atoms with Crippen LogP contribution in [0.5, 0.6) is 0 Å². The van der Waals surface area contributed by atoms with Crippen LogP contribution in [0, 0.1) is 0 Å². The molecule has 17 heavy (non-hydrogen) atoms. The van der Waals surface area contributed by atoms with E-state index < -0.39 is 0 Å². The molecular formula is C12H13Cl2N3. The monoisotopic (exact) mass is 269 g/mol. The van der Waals surface area contributed by atoms with Crippen molar-refractivity contribution in [1.82, 2.24) is 15.3 Å². The Morgan fingerprint density at radius 1 is 1.35 bits per heavy atom. The summed E-state index contributed by atoms with van der Waals surface area (Å²) in [5, 5.41) is 4.68. The topological polar surface area (TPSA) is 40.7 Å². The Kier molecular flexibility index (Phi) is 4.05. The lowest BCUT2D eigenvalue weighted by Gasteiger charge is -2.13. The standard InChI is InChI=1S/C12H13Cl2N3/c1-8(12-15-5-6-16-12)17-7-9-10(13)3-2-4-11(9)14/h2-6,8,17H,7H2,1H3,(H,15,16). The van der Waals surface area contributed by atoms with Crippen molar-refractivity contribution in [3.8, 4) is 0 Å². The molecule has 0 fully saturated rings. The van der Waals surface area contributed by atoms with Crippen molar-refractivity contribution in [2.45, 2.75) is 19.5 Å². The molecule has 0 bridgehead atoms. The van der Waals surface area contributed by atoms with Crippen molar-refractivity contribution in [1.29, 1.82) is 0 Å². The minimum Gasteiger partial charge on any atom is -0.347 e. The number of benzene rings is 1. The number of hydrogen-bond acceptors (Lipinski definition) is 2. The van der Waals surface area contributed by atoms with E-state index in [-0.39, 0.29) is 6.04 Å². The number of imidazole rings is 1. The second-order valence-electron chi connectivity index (χ2n) is 3.78. The predicted molar refractivity (Wildman–Crippen MR) is 70.3 cm³/mol. The van der Waals surface area contributed by atoms with Crippen LogP contribution in [-0.4, -0.2) is 9.97 Å². The van der Waals surface area contributed by atoms with Gasteiger partial charge in [-0.3, -0.25) is 0 Å². The minimum absolute atomic E-state index is 0.123. The number of H-pyrrole nitrogens is 1. The summed E-state index contributed by atoms with van der Waals surface area (Å²) in [5.74, 6) is 0.896. The van der Waals surface area contributed by atoms with Crippen molar-refractivity contribution >= 4 is 23.2 Å². The number of rotatable bonds is 4. The van der Waals surface area contributed by atoms with Gasteiger partial charge in [0, 0.05) is 34.5 Å². The molecule has 3 nitrogen and oxygen atoms in total. The molecule has 0 saturated heterocycles. The molecule has 2 rings (SSSR count). The summed E-state index contributed by atoms with van der Waals surface area (Å²) in [6.07, 6.45) is 3.53. The fourth-order valence-electron chi connectivity index (χ4n) is 1.57. The highest BCUT2D eigenvalue weighted by atomic mass is 35.5. The SMILES string of the molecule is CC(NCc1c(Cl)cccc1Cl)c1ncc[nH]1. The van der Waals surface area contributed by atoms with Gasteiger partial charge in [0.05, 0.1) is 6.04 Å². The maximum Gasteiger partial charge on any atom is 0.122 e. The van der Waals surface area contributed by atoms with Gasteiger partial charge in [0.1, 0.15) is 5.82 Å². The molecule has 1 aromatic heterocycles. The van der Waals surface area contributed by atoms with Crippen LogP contribution in [0.4, 0.5) is 0 Å². The molecule has 0 aliphatic carbocycles. The largest absolute Gasteiger partial charge is 0.347 e. The van der Waals surface area contributed by atoms with Crippen LogP contribution in [-0.2, 0) is 6.54 Å². The van der Waals surface area contributed by atoms with Crippen molar-refractivity contribution < 1.29 is 0 Å². The lowest BCUT2D eigenvalue weighted by atomic mass is 10.2. The van der Waals surface area contributed by atoms with Gasteiger partial charge < -0.3 is 10.3 Å². The first-order valence-electron chi connectivity index (χ1n) is 5.34. The van der Waals surface area contributed by atoms with Crippen LogP contribution < -0.4 is 5.32 Å². The Morgan fingerprint density at radius 2 is 2.06 bits per heavy atom. The summed E-state index contributed by atoms with van der Waals surface area (Å²) in [7, 11) is 0. The summed E-state index contributed by atoms with van der Waals surface area (Å²) in [4.78, 5) is 7.25. The zero-order valence-electron chi connectivity index (χ0n) is 9.37. The number of nitrogens with one attached hydrogen (secondary N) is 2. The molecule has 1 aromatic carbocycles. The van der Waals surface area contributed by atoms with E-state index in [1.807, 2.05) is 25.1 Å². The van der Waals surface area contributed by atoms with Crippen LogP contribution in [0.3, 0.4) is 0 Å². The number of halogens is 2. The molecule has 2 N–H and O–H groups in total. The molecule has 0 radical (unpaired) electrons. The van der Waals surface area contributed by atoms with E-state index in [2.05, 4.69) is 15.3 Å². The molecule has 1 unspecified atom stereocenters. The first-order chi connectivity index (χ1) is 8.18. The van der Waals surface area contributed by atoms with Crippen LogP contribution >= 0.6 is 23.2 Å². The zero-order chi connectivity index (χ0) is 12.3. The lowest BCUT2D eigenvalue weighted by molar-refractivity contribution is 0.551. The first-order valence-corrected chi connectivity index (χ1v) is 6.09. The third kappa shape index (κ3) is 3.00. The molecule has 0 aliphatic rings. The van der Waals surface area contributed by atoms with Gasteiger partial charge >= 0.3 is 0 Å². The summed E-state index contributed by atoms with van der Waals surface area (Å²) in [6, 6.07) is 5.63. The van der Waals surface area contributed by atoms with Gasteiger partial charge in [-0.1, -0.05) is 29.3 Å². The van der Waals surface area contributed by atoms with Crippen molar-refractivity contribution in [2.24, 2.45) is 0 Å². The average Bonchev–Trinajstić information content (AvgIpc) is 2.81. The summed E-state index contributed by atoms with van der Waals surface area (Å²) in [6.45, 7) is 2.64. The molecule has 0 amide bonds. The van der Waals surface area contributed by atoms with E-state index in [0.29, 0.717) is 16.6 Å². The highest BCUT2D eigenvalue weighted by Crippen LogP contribution is 2.24. The highest BCUT2D eigenvalue weighted by molar-refractivity contribution is 6.35. The molecule has 2 aromatic rings. The fraction of sp³-hybridized carbons (Fsp3) is 0.250. The number of nitrogens with zero attached hydrogens (tertiary/aromatic N) is 1. The normalized spacial score (nSPS) is 12.6. The van der Waals surface area contributed by atoms with E-state index in [0.717, 1.165) is 11.4 Å². The van der Waals surface area contributed by atoms with Gasteiger partial charge in [0.15, 0.2) is 0 Å². The summed E-state index contributed by atoms with van der Waals surface area (Å²) < 4.78 is 0. The number of aromatic nitrogens is 2. The zero-order valence-corrected chi connectivity index (χ0v) is 10.9. The Bertz CT molecular complexity index is 462. The fourth-order valence-corrected chi connectivity index (χ4v) is 2.10. The van der Waals surface area contributed by atoms with Gasteiger partial charge in [-0.15, -0.1) is 0 Å². The second-order valence-corrected chi connectivity index (χ2v) is 4.59. The van der Waals surface area contributed by atoms with Crippen LogP contribution in [0.15, 0.2) is 30.6 Å². The maximum absolute atomic E-state index is 6.09. The predicted octanol–water partition coefficient (Wildman–Crippen LogP) is 3.57. The van der Waals surface area contributed by atoms with E-state index >= 15 is 0 Å². The van der Waals surface area contributed by atoms with Crippen LogP contribution in [0.1, 0.15) is 24.4 Å².